The zero-order valence-electron chi connectivity index (χ0n) is 25.8. The van der Waals surface area contributed by atoms with Gasteiger partial charge in [0.15, 0.2) is 0 Å². The molecule has 0 heterocycles. The van der Waals surface area contributed by atoms with E-state index >= 15 is 0 Å². The minimum Gasteiger partial charge on any atom is -1.00 e. The molecule has 0 radical (unpaired) electrons. The molecule has 0 bridgehead atoms. The second-order valence-corrected chi connectivity index (χ2v) is 12.4. The SMILES string of the molecule is C=C(CC(=O)N[C@@H](Cc1ccccc1)C(=O)OC(C)(C)C)[N+](C)(C)CCCCCCCCCCCCCC.[Cl-]. The van der Waals surface area contributed by atoms with Crippen LogP contribution < -0.4 is 17.7 Å². The summed E-state index contributed by atoms with van der Waals surface area (Å²) < 4.78 is 6.20. The Morgan fingerprint density at radius 3 is 1.85 bits per heavy atom. The van der Waals surface area contributed by atoms with Crippen molar-refractivity contribution in [2.45, 2.75) is 129 Å². The van der Waals surface area contributed by atoms with E-state index in [1.54, 1.807) is 0 Å². The lowest BCUT2D eigenvalue weighted by Gasteiger charge is -2.31. The average Bonchev–Trinajstić information content (AvgIpc) is 2.83. The number of halogens is 1. The molecule has 0 saturated heterocycles. The number of quaternary nitrogens is 1. The minimum absolute atomic E-state index is 0. The normalized spacial score (nSPS) is 12.4. The van der Waals surface area contributed by atoms with Crippen LogP contribution in [0.1, 0.15) is 117 Å². The number of hydrogen-bond acceptors (Lipinski definition) is 3. The maximum Gasteiger partial charge on any atom is 0.329 e. The van der Waals surface area contributed by atoms with Crippen molar-refractivity contribution < 1.29 is 31.2 Å². The number of nitrogens with one attached hydrogen (secondary N) is 1. The van der Waals surface area contributed by atoms with Gasteiger partial charge in [0.2, 0.25) is 5.91 Å². The van der Waals surface area contributed by atoms with E-state index in [0.717, 1.165) is 24.2 Å². The smallest absolute Gasteiger partial charge is 0.329 e. The molecule has 0 saturated carbocycles. The molecule has 0 fully saturated rings. The summed E-state index contributed by atoms with van der Waals surface area (Å²) in [6.07, 6.45) is 16.5. The van der Waals surface area contributed by atoms with Crippen molar-refractivity contribution in [3.63, 3.8) is 0 Å². The Balaban J connectivity index is 0.0000144. The Labute approximate surface area is 246 Å². The van der Waals surface area contributed by atoms with Gasteiger partial charge in [-0.25, -0.2) is 4.79 Å². The Hall–Kier alpha value is -1.85. The lowest BCUT2D eigenvalue weighted by atomic mass is 10.0. The van der Waals surface area contributed by atoms with Crippen LogP contribution in [-0.4, -0.2) is 48.6 Å². The molecule has 1 aromatic carbocycles. The molecular weight excluding hydrogens is 508 g/mol. The van der Waals surface area contributed by atoms with Gasteiger partial charge in [0.05, 0.1) is 20.6 Å². The summed E-state index contributed by atoms with van der Waals surface area (Å²) in [4.78, 5) is 25.8. The molecule has 0 aliphatic heterocycles. The second-order valence-electron chi connectivity index (χ2n) is 12.4. The lowest BCUT2D eigenvalue weighted by Crippen LogP contribution is -3.00. The number of nitrogens with zero attached hydrogens (tertiary/aromatic N) is 1. The highest BCUT2D eigenvalue weighted by molar-refractivity contribution is 5.85. The Bertz CT molecular complexity index is 818. The van der Waals surface area contributed by atoms with Gasteiger partial charge >= 0.3 is 5.97 Å². The van der Waals surface area contributed by atoms with Gasteiger partial charge in [-0.05, 0) is 45.8 Å². The number of carbonyl (C=O) groups is 2. The lowest BCUT2D eigenvalue weighted by molar-refractivity contribution is -0.853. The van der Waals surface area contributed by atoms with Crippen molar-refractivity contribution in [2.75, 3.05) is 20.6 Å². The molecule has 39 heavy (non-hydrogen) atoms. The highest BCUT2D eigenvalue weighted by Crippen LogP contribution is 2.18. The monoisotopic (exact) mass is 564 g/mol. The van der Waals surface area contributed by atoms with Crippen LogP contribution in [0.15, 0.2) is 42.6 Å². The van der Waals surface area contributed by atoms with E-state index < -0.39 is 17.6 Å². The molecule has 1 rings (SSSR count). The topological polar surface area (TPSA) is 55.4 Å². The van der Waals surface area contributed by atoms with Crippen LogP contribution >= 0.6 is 0 Å². The van der Waals surface area contributed by atoms with Crippen molar-refractivity contribution in [2.24, 2.45) is 0 Å². The highest BCUT2D eigenvalue weighted by atomic mass is 35.5. The summed E-state index contributed by atoms with van der Waals surface area (Å²) in [6, 6.07) is 8.98. The molecule has 1 N–H and O–H groups in total. The fourth-order valence-corrected chi connectivity index (χ4v) is 4.57. The van der Waals surface area contributed by atoms with E-state index in [4.69, 9.17) is 4.74 Å². The third-order valence-electron chi connectivity index (χ3n) is 7.10. The van der Waals surface area contributed by atoms with Crippen LogP contribution in [0, 0.1) is 0 Å². The fourth-order valence-electron chi connectivity index (χ4n) is 4.57. The Morgan fingerprint density at radius 2 is 1.36 bits per heavy atom. The van der Waals surface area contributed by atoms with Gasteiger partial charge in [-0.3, -0.25) is 9.28 Å². The number of rotatable bonds is 20. The summed E-state index contributed by atoms with van der Waals surface area (Å²) >= 11 is 0. The molecule has 0 aromatic heterocycles. The first-order valence-corrected chi connectivity index (χ1v) is 15.0. The van der Waals surface area contributed by atoms with Crippen molar-refractivity contribution in [1.29, 1.82) is 0 Å². The van der Waals surface area contributed by atoms with Crippen LogP contribution in [-0.2, 0) is 20.7 Å². The molecule has 0 spiro atoms. The van der Waals surface area contributed by atoms with E-state index in [1.165, 1.54) is 70.6 Å². The number of carbonyl (C=O) groups excluding carboxylic acids is 2. The van der Waals surface area contributed by atoms with Crippen molar-refractivity contribution in [1.82, 2.24) is 5.32 Å². The van der Waals surface area contributed by atoms with Crippen LogP contribution in [0.5, 0.6) is 0 Å². The third kappa shape index (κ3) is 18.2. The highest BCUT2D eigenvalue weighted by Gasteiger charge is 2.29. The molecule has 0 aliphatic rings. The van der Waals surface area contributed by atoms with Gasteiger partial charge in [0.1, 0.15) is 23.8 Å². The van der Waals surface area contributed by atoms with Crippen molar-refractivity contribution >= 4 is 11.9 Å². The number of unbranched alkanes of at least 4 members (excludes halogenated alkanes) is 11. The van der Waals surface area contributed by atoms with Gasteiger partial charge in [-0.15, -0.1) is 0 Å². The number of esters is 1. The van der Waals surface area contributed by atoms with Crippen LogP contribution in [0.3, 0.4) is 0 Å². The van der Waals surface area contributed by atoms with E-state index in [0.29, 0.717) is 10.9 Å². The summed E-state index contributed by atoms with van der Waals surface area (Å²) in [5.74, 6) is -0.603. The molecule has 1 aromatic rings. The van der Waals surface area contributed by atoms with Crippen LogP contribution in [0.25, 0.3) is 0 Å². The Kier molecular flexibility index (Phi) is 19.1. The van der Waals surface area contributed by atoms with Gasteiger partial charge in [-0.1, -0.05) is 101 Å². The first-order chi connectivity index (χ1) is 17.9. The number of hydrogen-bond donors (Lipinski definition) is 1. The number of amides is 1. The maximum absolute atomic E-state index is 13.0. The summed E-state index contributed by atoms with van der Waals surface area (Å²) in [6.45, 7) is 13.0. The summed E-state index contributed by atoms with van der Waals surface area (Å²) in [7, 11) is 4.23. The molecule has 1 amide bonds. The third-order valence-corrected chi connectivity index (χ3v) is 7.10. The zero-order valence-corrected chi connectivity index (χ0v) is 26.6. The quantitative estimate of drug-likeness (QED) is 0.141. The first kappa shape index (κ1) is 37.1. The molecule has 224 valence electrons. The fraction of sp³-hybridized carbons (Fsp3) is 0.697. The second kappa shape index (κ2) is 20.1. The van der Waals surface area contributed by atoms with Gasteiger partial charge in [-0.2, -0.15) is 0 Å². The van der Waals surface area contributed by atoms with Crippen molar-refractivity contribution in [3.05, 3.63) is 48.2 Å². The molecule has 5 nitrogen and oxygen atoms in total. The summed E-state index contributed by atoms with van der Waals surface area (Å²) in [5, 5.41) is 2.92. The largest absolute Gasteiger partial charge is 1.00 e. The number of ether oxygens (including phenoxy) is 1. The Morgan fingerprint density at radius 1 is 0.872 bits per heavy atom. The molecule has 0 aliphatic carbocycles. The molecule has 1 atom stereocenters. The predicted molar refractivity (Wildman–Crippen MR) is 160 cm³/mol. The van der Waals surface area contributed by atoms with E-state index in [9.17, 15) is 9.59 Å². The average molecular weight is 565 g/mol. The standard InChI is InChI=1S/C33H56N2O3.ClH/c1-8-9-10-11-12-13-14-15-16-17-18-22-25-35(6,7)28(2)26-31(36)34-30(32(37)38-33(3,4)5)27-29-23-20-19-21-24-29;/h19-21,23-24,30H,2,8-18,22,25-27H2,1,3-7H3;1H/t30-;/m0./s1. The van der Waals surface area contributed by atoms with Crippen LogP contribution in [0.4, 0.5) is 0 Å². The van der Waals surface area contributed by atoms with Gasteiger partial charge in [0, 0.05) is 6.42 Å². The van der Waals surface area contributed by atoms with E-state index in [1.807, 2.05) is 51.1 Å². The predicted octanol–water partition coefficient (Wildman–Crippen LogP) is 4.74. The van der Waals surface area contributed by atoms with E-state index in [2.05, 4.69) is 32.9 Å². The number of benzene rings is 1. The van der Waals surface area contributed by atoms with Crippen molar-refractivity contribution in [3.8, 4) is 0 Å². The molecule has 0 unspecified atom stereocenters. The molecule has 6 heteroatoms. The summed E-state index contributed by atoms with van der Waals surface area (Å²) in [5.41, 5.74) is 1.21. The van der Waals surface area contributed by atoms with E-state index in [-0.39, 0.29) is 24.7 Å². The maximum atomic E-state index is 13.0. The van der Waals surface area contributed by atoms with Crippen LogP contribution in [0.2, 0.25) is 0 Å². The van der Waals surface area contributed by atoms with Gasteiger partial charge < -0.3 is 22.5 Å². The molecular formula is C33H57ClN2O3. The van der Waals surface area contributed by atoms with Gasteiger partial charge in [0.25, 0.3) is 0 Å². The minimum atomic E-state index is -0.733. The first-order valence-electron chi connectivity index (χ1n) is 15.0. The zero-order chi connectivity index (χ0) is 28.4.